The first kappa shape index (κ1) is 12.4. The number of hydrogen-bond acceptors (Lipinski definition) is 2. The zero-order valence-corrected chi connectivity index (χ0v) is 10.7. The Balaban J connectivity index is 2.19. The van der Waals surface area contributed by atoms with Crippen molar-refractivity contribution in [1.82, 2.24) is 0 Å². The van der Waals surface area contributed by atoms with E-state index in [-0.39, 0.29) is 6.10 Å². The second-order valence-corrected chi connectivity index (χ2v) is 4.91. The molecule has 1 heterocycles. The lowest BCUT2D eigenvalue weighted by Gasteiger charge is -2.31. The standard InChI is InChI=1S/C15H23NO/c1-2-8-15(17)13-9-4-5-10-14(13)16-11-6-3-7-12-16/h4-5,9-10,15,17H,2-3,6-8,11-12H2,1H3. The van der Waals surface area contributed by atoms with Gasteiger partial charge >= 0.3 is 0 Å². The lowest BCUT2D eigenvalue weighted by atomic mass is 10.0. The Hall–Kier alpha value is -1.02. The van der Waals surface area contributed by atoms with E-state index in [0.29, 0.717) is 0 Å². The fourth-order valence-electron chi connectivity index (χ4n) is 2.62. The summed E-state index contributed by atoms with van der Waals surface area (Å²) in [6.07, 6.45) is 5.46. The predicted molar refractivity (Wildman–Crippen MR) is 72.4 cm³/mol. The maximum atomic E-state index is 10.2. The van der Waals surface area contributed by atoms with Crippen molar-refractivity contribution in [3.63, 3.8) is 0 Å². The Bertz CT molecular complexity index is 345. The molecule has 1 aliphatic heterocycles. The summed E-state index contributed by atoms with van der Waals surface area (Å²) in [5.41, 5.74) is 2.35. The van der Waals surface area contributed by atoms with Crippen molar-refractivity contribution in [2.75, 3.05) is 18.0 Å². The summed E-state index contributed by atoms with van der Waals surface area (Å²) in [4.78, 5) is 2.43. The van der Waals surface area contributed by atoms with Crippen molar-refractivity contribution in [3.8, 4) is 0 Å². The number of piperidine rings is 1. The average Bonchev–Trinajstić information content (AvgIpc) is 2.40. The molecular formula is C15H23NO. The van der Waals surface area contributed by atoms with Crippen LogP contribution >= 0.6 is 0 Å². The Labute approximate surface area is 104 Å². The molecule has 0 radical (unpaired) electrons. The van der Waals surface area contributed by atoms with Gasteiger partial charge in [-0.05, 0) is 31.7 Å². The molecule has 0 spiro atoms. The highest BCUT2D eigenvalue weighted by molar-refractivity contribution is 5.54. The van der Waals surface area contributed by atoms with E-state index >= 15 is 0 Å². The minimum absolute atomic E-state index is 0.307. The van der Waals surface area contributed by atoms with Gasteiger partial charge in [0.25, 0.3) is 0 Å². The minimum Gasteiger partial charge on any atom is -0.388 e. The summed E-state index contributed by atoms with van der Waals surface area (Å²) in [6, 6.07) is 8.33. The molecule has 1 saturated heterocycles. The van der Waals surface area contributed by atoms with E-state index in [4.69, 9.17) is 0 Å². The SMILES string of the molecule is CCCC(O)c1ccccc1N1CCCCC1. The van der Waals surface area contributed by atoms with Crippen LogP contribution in [-0.2, 0) is 0 Å². The van der Waals surface area contributed by atoms with Crippen LogP contribution in [0.3, 0.4) is 0 Å². The molecular weight excluding hydrogens is 210 g/mol. The van der Waals surface area contributed by atoms with E-state index < -0.39 is 0 Å². The molecule has 0 bridgehead atoms. The molecule has 1 atom stereocenters. The van der Waals surface area contributed by atoms with Crippen LogP contribution in [0.1, 0.15) is 50.7 Å². The monoisotopic (exact) mass is 233 g/mol. The molecule has 0 saturated carbocycles. The number of rotatable bonds is 4. The number of aliphatic hydroxyl groups is 1. The smallest absolute Gasteiger partial charge is 0.0810 e. The summed E-state index contributed by atoms with van der Waals surface area (Å²) >= 11 is 0. The van der Waals surface area contributed by atoms with Gasteiger partial charge in [0.2, 0.25) is 0 Å². The van der Waals surface area contributed by atoms with Crippen molar-refractivity contribution in [2.24, 2.45) is 0 Å². The highest BCUT2D eigenvalue weighted by Gasteiger charge is 2.17. The van der Waals surface area contributed by atoms with Crippen molar-refractivity contribution in [3.05, 3.63) is 29.8 Å². The first-order chi connectivity index (χ1) is 8.33. The third kappa shape index (κ3) is 3.01. The Morgan fingerprint density at radius 2 is 1.88 bits per heavy atom. The third-order valence-electron chi connectivity index (χ3n) is 3.55. The molecule has 1 aromatic rings. The van der Waals surface area contributed by atoms with Gasteiger partial charge in [-0.1, -0.05) is 31.5 Å². The summed E-state index contributed by atoms with van der Waals surface area (Å²) < 4.78 is 0. The van der Waals surface area contributed by atoms with Gasteiger partial charge in [-0.2, -0.15) is 0 Å². The molecule has 1 unspecified atom stereocenters. The second kappa shape index (κ2) is 6.06. The van der Waals surface area contributed by atoms with Crippen molar-refractivity contribution in [1.29, 1.82) is 0 Å². The molecule has 2 nitrogen and oxygen atoms in total. The summed E-state index contributed by atoms with van der Waals surface area (Å²) in [5, 5.41) is 10.2. The fourth-order valence-corrected chi connectivity index (χ4v) is 2.62. The zero-order chi connectivity index (χ0) is 12.1. The number of anilines is 1. The van der Waals surface area contributed by atoms with Crippen molar-refractivity contribution >= 4 is 5.69 Å². The van der Waals surface area contributed by atoms with E-state index in [1.807, 2.05) is 6.07 Å². The lowest BCUT2D eigenvalue weighted by Crippen LogP contribution is -2.30. The molecule has 1 fully saturated rings. The molecule has 0 aliphatic carbocycles. The molecule has 17 heavy (non-hydrogen) atoms. The third-order valence-corrected chi connectivity index (χ3v) is 3.55. The van der Waals surface area contributed by atoms with Gasteiger partial charge in [-0.15, -0.1) is 0 Å². The lowest BCUT2D eigenvalue weighted by molar-refractivity contribution is 0.166. The van der Waals surface area contributed by atoms with E-state index in [1.165, 1.54) is 24.9 Å². The van der Waals surface area contributed by atoms with Crippen molar-refractivity contribution < 1.29 is 5.11 Å². The Morgan fingerprint density at radius 1 is 1.18 bits per heavy atom. The Kier molecular flexibility index (Phi) is 4.43. The molecule has 0 amide bonds. The molecule has 1 aromatic carbocycles. The first-order valence-corrected chi connectivity index (χ1v) is 6.85. The molecule has 1 aliphatic rings. The predicted octanol–water partition coefficient (Wildman–Crippen LogP) is 3.51. The van der Waals surface area contributed by atoms with Crippen molar-refractivity contribution in [2.45, 2.75) is 45.1 Å². The normalized spacial score (nSPS) is 18.1. The van der Waals surface area contributed by atoms with E-state index in [2.05, 4.69) is 30.0 Å². The van der Waals surface area contributed by atoms with Gasteiger partial charge in [0, 0.05) is 24.3 Å². The average molecular weight is 233 g/mol. The molecule has 2 heteroatoms. The van der Waals surface area contributed by atoms with Crippen LogP contribution in [0.5, 0.6) is 0 Å². The number of benzene rings is 1. The summed E-state index contributed by atoms with van der Waals surface area (Å²) in [6.45, 7) is 4.39. The van der Waals surface area contributed by atoms with E-state index in [1.54, 1.807) is 0 Å². The van der Waals surface area contributed by atoms with Gasteiger partial charge in [0.1, 0.15) is 0 Å². The van der Waals surface area contributed by atoms with E-state index in [9.17, 15) is 5.11 Å². The largest absolute Gasteiger partial charge is 0.388 e. The van der Waals surface area contributed by atoms with Gasteiger partial charge in [0.05, 0.1) is 6.10 Å². The van der Waals surface area contributed by atoms with Crippen LogP contribution < -0.4 is 4.90 Å². The highest BCUT2D eigenvalue weighted by atomic mass is 16.3. The van der Waals surface area contributed by atoms with Gasteiger partial charge < -0.3 is 10.0 Å². The second-order valence-electron chi connectivity index (χ2n) is 4.91. The van der Waals surface area contributed by atoms with Crippen LogP contribution in [0.15, 0.2) is 24.3 Å². The van der Waals surface area contributed by atoms with Crippen LogP contribution in [-0.4, -0.2) is 18.2 Å². The quantitative estimate of drug-likeness (QED) is 0.860. The van der Waals surface area contributed by atoms with Gasteiger partial charge in [-0.3, -0.25) is 0 Å². The number of aliphatic hydroxyl groups excluding tert-OH is 1. The van der Waals surface area contributed by atoms with Crippen LogP contribution in [0.25, 0.3) is 0 Å². The maximum absolute atomic E-state index is 10.2. The minimum atomic E-state index is -0.307. The number of hydrogen-bond donors (Lipinski definition) is 1. The molecule has 1 N–H and O–H groups in total. The van der Waals surface area contributed by atoms with E-state index in [0.717, 1.165) is 31.5 Å². The maximum Gasteiger partial charge on any atom is 0.0810 e. The van der Waals surface area contributed by atoms with Crippen LogP contribution in [0.4, 0.5) is 5.69 Å². The van der Waals surface area contributed by atoms with Gasteiger partial charge in [-0.25, -0.2) is 0 Å². The first-order valence-electron chi connectivity index (χ1n) is 6.85. The van der Waals surface area contributed by atoms with Crippen LogP contribution in [0, 0.1) is 0 Å². The number of nitrogens with zero attached hydrogens (tertiary/aromatic N) is 1. The zero-order valence-electron chi connectivity index (χ0n) is 10.7. The molecule has 2 rings (SSSR count). The number of para-hydroxylation sites is 1. The topological polar surface area (TPSA) is 23.5 Å². The molecule has 0 aromatic heterocycles. The fraction of sp³-hybridized carbons (Fsp3) is 0.600. The molecule has 94 valence electrons. The Morgan fingerprint density at radius 3 is 2.59 bits per heavy atom. The van der Waals surface area contributed by atoms with Gasteiger partial charge in [0.15, 0.2) is 0 Å². The summed E-state index contributed by atoms with van der Waals surface area (Å²) in [5.74, 6) is 0. The van der Waals surface area contributed by atoms with Crippen LogP contribution in [0.2, 0.25) is 0 Å². The highest BCUT2D eigenvalue weighted by Crippen LogP contribution is 2.30. The summed E-state index contributed by atoms with van der Waals surface area (Å²) in [7, 11) is 0.